The van der Waals surface area contributed by atoms with Gasteiger partial charge in [-0.05, 0) is 0 Å². The summed E-state index contributed by atoms with van der Waals surface area (Å²) in [6.07, 6.45) is 0. The molecule has 0 aromatic rings. The molecule has 0 amide bonds. The van der Waals surface area contributed by atoms with Gasteiger partial charge < -0.3 is 5.53 Å². The van der Waals surface area contributed by atoms with Crippen molar-refractivity contribution >= 4 is 5.97 Å². The molecule has 0 bridgehead atoms. The van der Waals surface area contributed by atoms with Crippen LogP contribution in [0.1, 0.15) is 0 Å². The molecule has 0 radical (unpaired) electrons. The lowest BCUT2D eigenvalue weighted by molar-refractivity contribution is -0.0250. The minimum atomic E-state index is -1.39. The Hall–Kier alpha value is -0.760. The average Bonchev–Trinajstić information content (AvgIpc) is 1.65. The molecule has 0 aromatic heterocycles. The highest BCUT2D eigenvalue weighted by molar-refractivity contribution is 5.69. The molecule has 0 aliphatic heterocycles. The standard InChI is InChI=1S/C2H2F2N2/c3-1-2(4)6-5/h1H2. The molecule has 0 saturated carbocycles. The molecule has 0 rings (SSSR count). The molecule has 0 saturated heterocycles. The summed E-state index contributed by atoms with van der Waals surface area (Å²) in [7, 11) is 0. The van der Waals surface area contributed by atoms with E-state index in [2.05, 4.69) is 0 Å². The molecule has 0 heterocycles. The summed E-state index contributed by atoms with van der Waals surface area (Å²) in [5.41, 5.74) is 7.31. The van der Waals surface area contributed by atoms with Crippen molar-refractivity contribution in [2.45, 2.75) is 0 Å². The van der Waals surface area contributed by atoms with Crippen LogP contribution in [-0.2, 0) is 0 Å². The second kappa shape index (κ2) is 2.48. The van der Waals surface area contributed by atoms with Gasteiger partial charge in [0.15, 0.2) is 0 Å². The first-order valence-corrected chi connectivity index (χ1v) is 1.23. The highest BCUT2D eigenvalue weighted by Gasteiger charge is 1.98. The van der Waals surface area contributed by atoms with Gasteiger partial charge in [-0.15, -0.1) is 9.18 Å². The highest BCUT2D eigenvalue weighted by atomic mass is 19.2. The smallest absolute Gasteiger partial charge is 0.358 e. The molecule has 6 heavy (non-hydrogen) atoms. The zero-order chi connectivity index (χ0) is 4.99. The van der Waals surface area contributed by atoms with E-state index in [1.54, 1.807) is 0 Å². The molecule has 0 aliphatic carbocycles. The molecule has 0 spiro atoms. The molecule has 0 aromatic carbocycles. The number of alkyl halides is 1. The topological polar surface area (TPSA) is 36.4 Å². The van der Waals surface area contributed by atoms with Crippen LogP contribution in [0.25, 0.3) is 5.53 Å². The van der Waals surface area contributed by atoms with Crippen molar-refractivity contribution in [1.82, 2.24) is 0 Å². The maximum absolute atomic E-state index is 11.0. The Morgan fingerprint density at radius 1 is 1.83 bits per heavy atom. The van der Waals surface area contributed by atoms with Crippen LogP contribution in [0.2, 0.25) is 0 Å². The molecule has 0 unspecified atom stereocenters. The summed E-state index contributed by atoms with van der Waals surface area (Å²) in [5.74, 6) is -1.39. The van der Waals surface area contributed by atoms with Crippen LogP contribution in [0.3, 0.4) is 0 Å². The monoisotopic (exact) mass is 92.0 g/mol. The van der Waals surface area contributed by atoms with Gasteiger partial charge in [0.05, 0.1) is 0 Å². The first-order valence-electron chi connectivity index (χ1n) is 1.23. The zero-order valence-corrected chi connectivity index (χ0v) is 2.86. The Morgan fingerprint density at radius 2 is 2.33 bits per heavy atom. The largest absolute Gasteiger partial charge is 0.473 e. The normalized spacial score (nSPS) is 7.00. The van der Waals surface area contributed by atoms with E-state index in [-0.39, 0.29) is 0 Å². The van der Waals surface area contributed by atoms with Crippen LogP contribution < -0.4 is 0 Å². The lowest BCUT2D eigenvalue weighted by Gasteiger charge is -1.60. The molecular weight excluding hydrogens is 90.0 g/mol. The molecule has 0 N–H and O–H groups in total. The fourth-order valence-electron chi connectivity index (χ4n) is 0.0267. The Bertz CT molecular complexity index is 83.5. The summed E-state index contributed by atoms with van der Waals surface area (Å²) < 4.78 is 21.7. The maximum atomic E-state index is 11.0. The van der Waals surface area contributed by atoms with E-state index in [0.29, 0.717) is 0 Å². The van der Waals surface area contributed by atoms with Crippen LogP contribution in [0.4, 0.5) is 8.78 Å². The lowest BCUT2D eigenvalue weighted by Crippen LogP contribution is -1.89. The summed E-state index contributed by atoms with van der Waals surface area (Å²) in [4.78, 5) is 1.88. The molecular formula is C2H2F2N2. The summed E-state index contributed by atoms with van der Waals surface area (Å²) in [6, 6.07) is 0. The molecule has 0 aliphatic rings. The second-order valence-electron chi connectivity index (χ2n) is 0.610. The Balaban J connectivity index is 3.52. The van der Waals surface area contributed by atoms with Crippen LogP contribution >= 0.6 is 0 Å². The van der Waals surface area contributed by atoms with Crippen LogP contribution in [0.15, 0.2) is 0 Å². The zero-order valence-electron chi connectivity index (χ0n) is 2.86. The molecule has 2 nitrogen and oxygen atoms in total. The van der Waals surface area contributed by atoms with Crippen LogP contribution in [0, 0.1) is 0 Å². The van der Waals surface area contributed by atoms with Gasteiger partial charge in [-0.25, -0.2) is 4.39 Å². The van der Waals surface area contributed by atoms with Gasteiger partial charge in [0.1, 0.15) is 0 Å². The Labute approximate surface area is 33.0 Å². The van der Waals surface area contributed by atoms with Gasteiger partial charge in [0.2, 0.25) is 6.67 Å². The van der Waals surface area contributed by atoms with E-state index in [1.165, 1.54) is 0 Å². The average molecular weight is 92.0 g/mol. The SMILES string of the molecule is [N-]=[N+]=C(F)CF. The Kier molecular flexibility index (Phi) is 2.16. The molecule has 0 fully saturated rings. The molecule has 0 atom stereocenters. The third kappa shape index (κ3) is 1.55. The fraction of sp³-hybridized carbons (Fsp3) is 0.500. The van der Waals surface area contributed by atoms with E-state index in [1.807, 2.05) is 4.79 Å². The number of hydrogen-bond acceptors (Lipinski definition) is 0. The van der Waals surface area contributed by atoms with E-state index in [4.69, 9.17) is 5.53 Å². The van der Waals surface area contributed by atoms with Crippen molar-refractivity contribution in [2.24, 2.45) is 0 Å². The summed E-state index contributed by atoms with van der Waals surface area (Å²) in [5, 5.41) is 0. The van der Waals surface area contributed by atoms with E-state index < -0.39 is 12.6 Å². The third-order valence-electron chi connectivity index (χ3n) is 0.219. The van der Waals surface area contributed by atoms with Crippen LogP contribution in [-0.4, -0.2) is 17.4 Å². The quantitative estimate of drug-likeness (QED) is 0.257. The first-order chi connectivity index (χ1) is 2.81. The van der Waals surface area contributed by atoms with Gasteiger partial charge in [0, 0.05) is 0 Å². The van der Waals surface area contributed by atoms with Crippen molar-refractivity contribution in [3.63, 3.8) is 0 Å². The van der Waals surface area contributed by atoms with Crippen molar-refractivity contribution in [1.29, 1.82) is 0 Å². The van der Waals surface area contributed by atoms with Crippen molar-refractivity contribution in [2.75, 3.05) is 6.67 Å². The number of halogens is 2. The van der Waals surface area contributed by atoms with Crippen molar-refractivity contribution in [3.05, 3.63) is 5.53 Å². The van der Waals surface area contributed by atoms with Gasteiger partial charge in [-0.3, -0.25) is 0 Å². The van der Waals surface area contributed by atoms with E-state index in [0.717, 1.165) is 0 Å². The second-order valence-corrected chi connectivity index (χ2v) is 0.610. The van der Waals surface area contributed by atoms with Crippen molar-refractivity contribution < 1.29 is 13.6 Å². The fourth-order valence-corrected chi connectivity index (χ4v) is 0.0267. The van der Waals surface area contributed by atoms with Gasteiger partial charge in [-0.2, -0.15) is 0 Å². The van der Waals surface area contributed by atoms with Crippen molar-refractivity contribution in [3.8, 4) is 0 Å². The molecule has 4 heteroatoms. The number of rotatable bonds is 1. The number of hydrogen-bond donors (Lipinski definition) is 0. The van der Waals surface area contributed by atoms with Gasteiger partial charge in [-0.1, -0.05) is 0 Å². The maximum Gasteiger partial charge on any atom is 0.473 e. The summed E-state index contributed by atoms with van der Waals surface area (Å²) in [6.45, 7) is -1.34. The number of nitrogens with zero attached hydrogens (tertiary/aromatic N) is 2. The third-order valence-corrected chi connectivity index (χ3v) is 0.219. The molecule has 34 valence electrons. The van der Waals surface area contributed by atoms with E-state index >= 15 is 0 Å². The predicted octanol–water partition coefficient (Wildman–Crippen LogP) is 0.554. The first kappa shape index (κ1) is 5.24. The Morgan fingerprint density at radius 3 is 2.33 bits per heavy atom. The highest BCUT2D eigenvalue weighted by Crippen LogP contribution is 1.70. The predicted molar refractivity (Wildman–Crippen MR) is 15.7 cm³/mol. The van der Waals surface area contributed by atoms with Gasteiger partial charge >= 0.3 is 5.97 Å². The minimum Gasteiger partial charge on any atom is -0.358 e. The minimum absolute atomic E-state index is 1.34. The van der Waals surface area contributed by atoms with Crippen LogP contribution in [0.5, 0.6) is 0 Å². The lowest BCUT2D eigenvalue weighted by atomic mass is 10.8. The van der Waals surface area contributed by atoms with Gasteiger partial charge in [0.25, 0.3) is 0 Å². The summed E-state index contributed by atoms with van der Waals surface area (Å²) >= 11 is 0. The van der Waals surface area contributed by atoms with E-state index in [9.17, 15) is 8.78 Å².